The third kappa shape index (κ3) is 4.15. The van der Waals surface area contributed by atoms with Crippen LogP contribution < -0.4 is 15.8 Å². The van der Waals surface area contributed by atoms with Crippen LogP contribution >= 0.6 is 0 Å². The fourth-order valence-corrected chi connectivity index (χ4v) is 9.21. The first kappa shape index (κ1) is 29.1. The van der Waals surface area contributed by atoms with Gasteiger partial charge in [0.1, 0.15) is 24.0 Å². The number of rotatable bonds is 5. The molecular weight excluding hydrogens is 599 g/mol. The zero-order valence-electron chi connectivity index (χ0n) is 26.8. The molecule has 1 aromatic carbocycles. The summed E-state index contributed by atoms with van der Waals surface area (Å²) in [7, 11) is 1.94. The van der Waals surface area contributed by atoms with E-state index in [4.69, 9.17) is 34.9 Å². The fourth-order valence-electron chi connectivity index (χ4n) is 9.21. The topological polar surface area (TPSA) is 140 Å². The molecule has 5 aliphatic rings. The molecule has 0 bridgehead atoms. The summed E-state index contributed by atoms with van der Waals surface area (Å²) >= 11 is 0. The molecule has 6 heterocycles. The number of nitrogen functional groups attached to an aromatic ring is 1. The number of pyridine rings is 1. The summed E-state index contributed by atoms with van der Waals surface area (Å²) in [6.07, 6.45) is 6.46. The van der Waals surface area contributed by atoms with Crippen LogP contribution in [0.5, 0.6) is 5.88 Å². The van der Waals surface area contributed by atoms with Crippen molar-refractivity contribution in [1.82, 2.24) is 29.9 Å². The van der Waals surface area contributed by atoms with Gasteiger partial charge >= 0.3 is 0 Å². The highest BCUT2D eigenvalue weighted by molar-refractivity contribution is 5.85. The van der Waals surface area contributed by atoms with Crippen molar-refractivity contribution in [2.24, 2.45) is 0 Å². The van der Waals surface area contributed by atoms with Crippen LogP contribution in [0.3, 0.4) is 0 Å². The Morgan fingerprint density at radius 1 is 1.23 bits per heavy atom. The Kier molecular flexibility index (Phi) is 6.49. The molecule has 0 unspecified atom stereocenters. The number of imidazole rings is 1. The third-order valence-electron chi connectivity index (χ3n) is 11.7. The fraction of sp³-hybridized carbons (Fsp3) is 0.543. The minimum Gasteiger partial charge on any atom is -0.471 e. The minimum absolute atomic E-state index is 0.0772. The maximum absolute atomic E-state index is 14.4. The number of benzene rings is 1. The smallest absolute Gasteiger partial charge is 0.243 e. The molecule has 0 amide bonds. The Labute approximate surface area is 272 Å². The predicted octanol–water partition coefficient (Wildman–Crippen LogP) is 4.22. The molecule has 5 atom stereocenters. The number of nitriles is 1. The SMILES string of the molecule is C[C@H](Oc1nc(-c2noc3c2CCC[C@@]32CCCc3ccc(N)c(C#N)c32)cc2c1ncn2[C@@H]1CNC12COC2)[C@@H]1C[C@@H](F)CN1C. The number of nitrogens with one attached hydrogen (secondary N) is 1. The molecule has 9 rings (SSSR count). The van der Waals surface area contributed by atoms with E-state index in [-0.39, 0.29) is 23.7 Å². The zero-order chi connectivity index (χ0) is 32.1. The monoisotopic (exact) mass is 638 g/mol. The largest absolute Gasteiger partial charge is 0.471 e. The lowest BCUT2D eigenvalue weighted by molar-refractivity contribution is -0.136. The number of hydrogen-bond donors (Lipinski definition) is 2. The molecule has 0 saturated carbocycles. The van der Waals surface area contributed by atoms with Crippen LogP contribution in [0.4, 0.5) is 10.1 Å². The molecule has 3 aromatic heterocycles. The quantitative estimate of drug-likeness (QED) is 0.305. The Morgan fingerprint density at radius 2 is 2.06 bits per heavy atom. The normalized spacial score (nSPS) is 28.4. The molecule has 3 fully saturated rings. The summed E-state index contributed by atoms with van der Waals surface area (Å²) < 4.78 is 35.1. The van der Waals surface area contributed by atoms with Crippen LogP contribution in [-0.4, -0.2) is 81.8 Å². The van der Waals surface area contributed by atoms with E-state index in [2.05, 4.69) is 28.1 Å². The first-order valence-electron chi connectivity index (χ1n) is 16.8. The average molecular weight is 639 g/mol. The highest BCUT2D eigenvalue weighted by atomic mass is 19.1. The Hall–Kier alpha value is -4.05. The Balaban J connectivity index is 1.18. The van der Waals surface area contributed by atoms with Crippen molar-refractivity contribution in [1.29, 1.82) is 5.26 Å². The molecule has 3 aliphatic heterocycles. The van der Waals surface area contributed by atoms with E-state index in [1.807, 2.05) is 31.3 Å². The van der Waals surface area contributed by atoms with Gasteiger partial charge in [-0.2, -0.15) is 5.26 Å². The first-order valence-corrected chi connectivity index (χ1v) is 16.8. The number of nitrogens with two attached hydrogens (primary N) is 1. The summed E-state index contributed by atoms with van der Waals surface area (Å²) in [4.78, 5) is 11.9. The van der Waals surface area contributed by atoms with Crippen molar-refractivity contribution in [3.63, 3.8) is 0 Å². The number of likely N-dealkylation sites (tertiary alicyclic amines) is 1. The molecule has 3 N–H and O–H groups in total. The van der Waals surface area contributed by atoms with Crippen molar-refractivity contribution in [2.75, 3.05) is 39.1 Å². The number of nitrogens with zero attached hydrogens (tertiary/aromatic N) is 6. The van der Waals surface area contributed by atoms with Crippen molar-refractivity contribution >= 4 is 16.7 Å². The molecule has 244 valence electrons. The maximum atomic E-state index is 14.4. The second-order valence-corrected chi connectivity index (χ2v) is 14.3. The number of likely N-dealkylation sites (N-methyl/N-ethyl adjacent to an activating group) is 1. The van der Waals surface area contributed by atoms with Crippen LogP contribution in [0.15, 0.2) is 29.0 Å². The number of anilines is 1. The van der Waals surface area contributed by atoms with Crippen LogP contribution in [0.25, 0.3) is 22.4 Å². The average Bonchev–Trinajstić information content (AvgIpc) is 3.73. The number of aromatic nitrogens is 4. The number of aryl methyl sites for hydroxylation is 1. The van der Waals surface area contributed by atoms with Gasteiger partial charge in [-0.1, -0.05) is 11.2 Å². The van der Waals surface area contributed by atoms with Gasteiger partial charge in [-0.05, 0) is 82.2 Å². The van der Waals surface area contributed by atoms with Gasteiger partial charge in [0.05, 0.1) is 53.3 Å². The van der Waals surface area contributed by atoms with Gasteiger partial charge in [0.15, 0.2) is 11.3 Å². The van der Waals surface area contributed by atoms with E-state index in [0.717, 1.165) is 73.0 Å². The molecule has 12 heteroatoms. The summed E-state index contributed by atoms with van der Waals surface area (Å²) in [5, 5.41) is 18.5. The minimum atomic E-state index is -0.877. The van der Waals surface area contributed by atoms with Crippen LogP contribution in [-0.2, 0) is 23.0 Å². The summed E-state index contributed by atoms with van der Waals surface area (Å²) in [6.45, 7) is 4.50. The Morgan fingerprint density at radius 3 is 2.77 bits per heavy atom. The molecule has 4 aromatic rings. The van der Waals surface area contributed by atoms with Gasteiger partial charge < -0.3 is 29.6 Å². The van der Waals surface area contributed by atoms with Crippen molar-refractivity contribution in [3.05, 3.63) is 52.5 Å². The van der Waals surface area contributed by atoms with Gasteiger partial charge in [-0.3, -0.25) is 4.90 Å². The van der Waals surface area contributed by atoms with Gasteiger partial charge in [-0.25, -0.2) is 14.4 Å². The van der Waals surface area contributed by atoms with E-state index in [9.17, 15) is 9.65 Å². The lowest BCUT2D eigenvalue weighted by Gasteiger charge is -2.56. The molecule has 3 saturated heterocycles. The van der Waals surface area contributed by atoms with Crippen LogP contribution in [0.2, 0.25) is 0 Å². The van der Waals surface area contributed by atoms with Gasteiger partial charge in [0.2, 0.25) is 5.88 Å². The van der Waals surface area contributed by atoms with Crippen molar-refractivity contribution < 1.29 is 18.4 Å². The van der Waals surface area contributed by atoms with Crippen LogP contribution in [0, 0.1) is 11.3 Å². The standard InChI is InChI=1S/C35H39FN8O3/c1-19(26-11-21(36)15-43(26)2)46-33-31-27(44(18-39-31)28-14-40-35(28)16-45-17-35)12-25(41-33)30-22-6-4-10-34(32(22)47-42-30)9-3-5-20-7-8-24(38)23(13-37)29(20)34/h7-8,12,18-19,21,26,28,40H,3-6,9-11,14-17,38H2,1-2H3/t19-,21+,26-,28+,34+/m0/s1. The van der Waals surface area contributed by atoms with Crippen LogP contribution in [0.1, 0.15) is 73.1 Å². The second-order valence-electron chi connectivity index (χ2n) is 14.3. The maximum Gasteiger partial charge on any atom is 0.243 e. The number of alkyl halides is 1. The summed E-state index contributed by atoms with van der Waals surface area (Å²) in [6, 6.07) is 8.49. The summed E-state index contributed by atoms with van der Waals surface area (Å²) in [5.74, 6) is 1.24. The lowest BCUT2D eigenvalue weighted by atomic mass is 9.61. The highest BCUT2D eigenvalue weighted by Gasteiger charge is 2.54. The first-order chi connectivity index (χ1) is 22.8. The number of hydrogen-bond acceptors (Lipinski definition) is 10. The van der Waals surface area contributed by atoms with Gasteiger partial charge in [0, 0.05) is 30.4 Å². The molecule has 0 radical (unpaired) electrons. The van der Waals surface area contributed by atoms with E-state index in [1.54, 1.807) is 0 Å². The van der Waals surface area contributed by atoms with Crippen molar-refractivity contribution in [2.45, 2.75) is 87.2 Å². The number of ether oxygens (including phenoxy) is 2. The van der Waals surface area contributed by atoms with Gasteiger partial charge in [-0.15, -0.1) is 0 Å². The van der Waals surface area contributed by atoms with E-state index < -0.39 is 11.6 Å². The molecule has 2 spiro atoms. The lowest BCUT2D eigenvalue weighted by Crippen LogP contribution is -2.75. The third-order valence-corrected chi connectivity index (χ3v) is 11.7. The number of fused-ring (bicyclic) bond motifs is 5. The molecular formula is C35H39FN8O3. The zero-order valence-corrected chi connectivity index (χ0v) is 26.8. The molecule has 2 aliphatic carbocycles. The molecule has 47 heavy (non-hydrogen) atoms. The highest BCUT2D eigenvalue weighted by Crippen LogP contribution is 2.53. The predicted molar refractivity (Wildman–Crippen MR) is 172 cm³/mol. The van der Waals surface area contributed by atoms with Gasteiger partial charge in [0.25, 0.3) is 0 Å². The second kappa shape index (κ2) is 10.5. The van der Waals surface area contributed by atoms with Crippen molar-refractivity contribution in [3.8, 4) is 23.3 Å². The van der Waals surface area contributed by atoms with E-state index in [0.29, 0.717) is 60.2 Å². The summed E-state index contributed by atoms with van der Waals surface area (Å²) in [5.41, 5.74) is 13.0. The number of halogens is 1. The Bertz CT molecular complexity index is 1940. The van der Waals surface area contributed by atoms with E-state index >= 15 is 0 Å². The van der Waals surface area contributed by atoms with E-state index in [1.165, 1.54) is 0 Å². The molecule has 11 nitrogen and oxygen atoms in total.